The van der Waals surface area contributed by atoms with E-state index in [9.17, 15) is 4.79 Å². The van der Waals surface area contributed by atoms with Crippen LogP contribution in [0.25, 0.3) is 0 Å². The Morgan fingerprint density at radius 1 is 1.11 bits per heavy atom. The fourth-order valence-corrected chi connectivity index (χ4v) is 4.85. The maximum absolute atomic E-state index is 12.6. The molecule has 2 aromatic carbocycles. The van der Waals surface area contributed by atoms with Gasteiger partial charge in [-0.1, -0.05) is 48.0 Å². The smallest absolute Gasteiger partial charge is 0.237 e. The number of fused-ring (bicyclic) bond motifs is 1. The highest BCUT2D eigenvalue weighted by atomic mass is 16.2. The number of carbonyl (C=O) groups excluding carboxylic acids is 1. The summed E-state index contributed by atoms with van der Waals surface area (Å²) in [5.41, 5.74) is 6.84. The van der Waals surface area contributed by atoms with Crippen molar-refractivity contribution in [2.24, 2.45) is 0 Å². The minimum absolute atomic E-state index is 0.0413. The summed E-state index contributed by atoms with van der Waals surface area (Å²) in [7, 11) is 1.75. The first-order chi connectivity index (χ1) is 13.5. The zero-order chi connectivity index (χ0) is 19.7. The van der Waals surface area contributed by atoms with Crippen LogP contribution in [0.3, 0.4) is 0 Å². The van der Waals surface area contributed by atoms with Gasteiger partial charge in [0.15, 0.2) is 0 Å². The van der Waals surface area contributed by atoms with Gasteiger partial charge in [0, 0.05) is 32.2 Å². The molecule has 2 atom stereocenters. The molecule has 148 valence electrons. The topological polar surface area (TPSA) is 44.4 Å². The van der Waals surface area contributed by atoms with E-state index in [0.29, 0.717) is 12.1 Å². The van der Waals surface area contributed by atoms with Crippen LogP contribution in [0.1, 0.15) is 34.2 Å². The molecule has 0 aromatic heterocycles. The number of nitrogens with zero attached hydrogens (tertiary/aromatic N) is 1. The number of rotatable bonds is 5. The third kappa shape index (κ3) is 3.85. The van der Waals surface area contributed by atoms with Crippen LogP contribution >= 0.6 is 0 Å². The van der Waals surface area contributed by atoms with E-state index in [-0.39, 0.29) is 11.9 Å². The van der Waals surface area contributed by atoms with Crippen molar-refractivity contribution in [1.29, 1.82) is 0 Å². The lowest BCUT2D eigenvalue weighted by Crippen LogP contribution is -2.47. The second kappa shape index (κ2) is 8.06. The predicted molar refractivity (Wildman–Crippen MR) is 113 cm³/mol. The van der Waals surface area contributed by atoms with Gasteiger partial charge in [-0.3, -0.25) is 9.69 Å². The van der Waals surface area contributed by atoms with Crippen LogP contribution in [-0.2, 0) is 24.2 Å². The van der Waals surface area contributed by atoms with Crippen LogP contribution in [0.5, 0.6) is 0 Å². The predicted octanol–water partition coefficient (Wildman–Crippen LogP) is 2.75. The Kier molecular flexibility index (Phi) is 5.51. The Morgan fingerprint density at radius 2 is 1.82 bits per heavy atom. The third-order valence-electron chi connectivity index (χ3n) is 6.47. The van der Waals surface area contributed by atoms with E-state index in [2.05, 4.69) is 71.8 Å². The van der Waals surface area contributed by atoms with Gasteiger partial charge >= 0.3 is 0 Å². The van der Waals surface area contributed by atoms with Gasteiger partial charge in [-0.25, -0.2) is 0 Å². The molecule has 2 aromatic rings. The Hall–Kier alpha value is -2.17. The molecule has 2 N–H and O–H groups in total. The van der Waals surface area contributed by atoms with E-state index in [0.717, 1.165) is 32.4 Å². The minimum atomic E-state index is -0.0413. The summed E-state index contributed by atoms with van der Waals surface area (Å²) < 4.78 is 0. The highest BCUT2D eigenvalue weighted by Gasteiger charge is 2.41. The zero-order valence-corrected chi connectivity index (χ0v) is 17.2. The number of likely N-dealkylation sites (tertiary alicyclic amines) is 1. The Labute approximate surface area is 168 Å². The molecular weight excluding hydrogens is 346 g/mol. The normalized spacial score (nSPS) is 22.4. The molecule has 4 heteroatoms. The number of nitrogens with one attached hydrogen (secondary N) is 2. The maximum Gasteiger partial charge on any atom is 0.237 e. The van der Waals surface area contributed by atoms with Gasteiger partial charge in [0.2, 0.25) is 5.91 Å². The van der Waals surface area contributed by atoms with Crippen molar-refractivity contribution in [3.05, 3.63) is 70.3 Å². The molecule has 0 bridgehead atoms. The van der Waals surface area contributed by atoms with Crippen molar-refractivity contribution in [2.75, 3.05) is 13.6 Å². The molecular formula is C24H31N3O. The fourth-order valence-electron chi connectivity index (χ4n) is 4.85. The summed E-state index contributed by atoms with van der Waals surface area (Å²) in [6.45, 7) is 6.10. The second-order valence-corrected chi connectivity index (χ2v) is 8.40. The summed E-state index contributed by atoms with van der Waals surface area (Å²) >= 11 is 0. The minimum Gasteiger partial charge on any atom is -0.358 e. The quantitative estimate of drug-likeness (QED) is 0.842. The molecule has 28 heavy (non-hydrogen) atoms. The molecule has 0 spiro atoms. The van der Waals surface area contributed by atoms with Gasteiger partial charge in [-0.2, -0.15) is 0 Å². The number of hydrogen-bond acceptors (Lipinski definition) is 3. The first-order valence-electron chi connectivity index (χ1n) is 10.4. The molecule has 0 saturated carbocycles. The standard InChI is InChI=1S/C24H31N3O/c1-16-8-9-17(2)20(10-16)14-26-21-13-23(24(28)25-3)27(15-21)22-11-18-6-4-5-7-19(18)12-22/h4-10,21-23,26H,11-15H2,1-3H3,(H,25,28)/t21-,23-/m0/s1. The van der Waals surface area contributed by atoms with Crippen LogP contribution in [0.4, 0.5) is 0 Å². The average molecular weight is 378 g/mol. The van der Waals surface area contributed by atoms with Crippen LogP contribution in [0.15, 0.2) is 42.5 Å². The van der Waals surface area contributed by atoms with E-state index in [1.807, 2.05) is 0 Å². The van der Waals surface area contributed by atoms with Crippen LogP contribution < -0.4 is 10.6 Å². The molecule has 4 nitrogen and oxygen atoms in total. The number of hydrogen-bond donors (Lipinski definition) is 2. The van der Waals surface area contributed by atoms with Gasteiger partial charge in [0.25, 0.3) is 0 Å². The van der Waals surface area contributed by atoms with Crippen molar-refractivity contribution in [3.8, 4) is 0 Å². The lowest BCUT2D eigenvalue weighted by molar-refractivity contribution is -0.125. The number of carbonyl (C=O) groups is 1. The van der Waals surface area contributed by atoms with Gasteiger partial charge < -0.3 is 10.6 Å². The first-order valence-corrected chi connectivity index (χ1v) is 10.4. The van der Waals surface area contributed by atoms with Crippen molar-refractivity contribution >= 4 is 5.91 Å². The SMILES string of the molecule is CNC(=O)[C@@H]1C[C@H](NCc2cc(C)ccc2C)CN1C1Cc2ccccc2C1. The maximum atomic E-state index is 12.6. The van der Waals surface area contributed by atoms with Gasteiger partial charge in [-0.05, 0) is 55.4 Å². The van der Waals surface area contributed by atoms with Crippen molar-refractivity contribution in [2.45, 2.75) is 57.8 Å². The highest BCUT2D eigenvalue weighted by molar-refractivity contribution is 5.82. The lowest BCUT2D eigenvalue weighted by atomic mass is 10.0. The molecule has 2 aliphatic rings. The molecule has 0 radical (unpaired) electrons. The summed E-state index contributed by atoms with van der Waals surface area (Å²) in [6.07, 6.45) is 2.97. The Bertz CT molecular complexity index is 838. The zero-order valence-electron chi connectivity index (χ0n) is 17.2. The first kappa shape index (κ1) is 19.2. The Morgan fingerprint density at radius 3 is 2.50 bits per heavy atom. The van der Waals surface area contributed by atoms with E-state index in [4.69, 9.17) is 0 Å². The van der Waals surface area contributed by atoms with E-state index in [1.165, 1.54) is 27.8 Å². The largest absolute Gasteiger partial charge is 0.358 e. The molecule has 1 saturated heterocycles. The van der Waals surface area contributed by atoms with E-state index < -0.39 is 0 Å². The van der Waals surface area contributed by atoms with Crippen molar-refractivity contribution < 1.29 is 4.79 Å². The number of aryl methyl sites for hydroxylation is 2. The van der Waals surface area contributed by atoms with Gasteiger partial charge in [0.1, 0.15) is 0 Å². The molecule has 0 unspecified atom stereocenters. The average Bonchev–Trinajstić information content (AvgIpc) is 3.32. The van der Waals surface area contributed by atoms with Crippen LogP contribution in [-0.4, -0.2) is 42.5 Å². The number of likely N-dealkylation sites (N-methyl/N-ethyl adjacent to an activating group) is 1. The van der Waals surface area contributed by atoms with Crippen molar-refractivity contribution in [3.63, 3.8) is 0 Å². The van der Waals surface area contributed by atoms with E-state index in [1.54, 1.807) is 7.05 Å². The lowest BCUT2D eigenvalue weighted by Gasteiger charge is -2.29. The Balaban J connectivity index is 1.45. The van der Waals surface area contributed by atoms with Crippen LogP contribution in [0, 0.1) is 13.8 Å². The van der Waals surface area contributed by atoms with Gasteiger partial charge in [0.05, 0.1) is 6.04 Å². The third-order valence-corrected chi connectivity index (χ3v) is 6.47. The van der Waals surface area contributed by atoms with Gasteiger partial charge in [-0.15, -0.1) is 0 Å². The monoisotopic (exact) mass is 377 g/mol. The van der Waals surface area contributed by atoms with E-state index >= 15 is 0 Å². The molecule has 1 aliphatic heterocycles. The fraction of sp³-hybridized carbons (Fsp3) is 0.458. The summed E-state index contributed by atoms with van der Waals surface area (Å²) in [4.78, 5) is 15.0. The number of benzene rings is 2. The molecule has 1 heterocycles. The highest BCUT2D eigenvalue weighted by Crippen LogP contribution is 2.31. The molecule has 1 fully saturated rings. The number of amides is 1. The molecule has 1 aliphatic carbocycles. The summed E-state index contributed by atoms with van der Waals surface area (Å²) in [5.74, 6) is 0.145. The molecule has 4 rings (SSSR count). The van der Waals surface area contributed by atoms with Crippen LogP contribution in [0.2, 0.25) is 0 Å². The second-order valence-electron chi connectivity index (χ2n) is 8.40. The summed E-state index contributed by atoms with van der Waals surface area (Å²) in [5, 5.41) is 6.61. The van der Waals surface area contributed by atoms with Crippen molar-refractivity contribution in [1.82, 2.24) is 15.5 Å². The molecule has 1 amide bonds. The summed E-state index contributed by atoms with van der Waals surface area (Å²) in [6, 6.07) is 16.0.